The predicted octanol–water partition coefficient (Wildman–Crippen LogP) is 1.65. The molecule has 2 rings (SSSR count). The van der Waals surface area contributed by atoms with E-state index in [-0.39, 0.29) is 11.5 Å². The maximum absolute atomic E-state index is 12.3. The molecule has 0 aliphatic rings. The van der Waals surface area contributed by atoms with E-state index < -0.39 is 24.5 Å². The van der Waals surface area contributed by atoms with Crippen LogP contribution in [0, 0.1) is 0 Å². The zero-order valence-electron chi connectivity index (χ0n) is 15.0. The fraction of sp³-hybridized carbons (Fsp3) is 0.316. The predicted molar refractivity (Wildman–Crippen MR) is 97.1 cm³/mol. The highest BCUT2D eigenvalue weighted by molar-refractivity contribution is 5.99. The first-order valence-corrected chi connectivity index (χ1v) is 8.27. The van der Waals surface area contributed by atoms with Gasteiger partial charge in [0.1, 0.15) is 17.4 Å². The number of fused-ring (bicyclic) bond motifs is 1. The number of amides is 2. The van der Waals surface area contributed by atoms with E-state index in [2.05, 4.69) is 10.6 Å². The lowest BCUT2D eigenvalue weighted by atomic mass is 10.1. The molecular weight excluding hydrogens is 336 g/mol. The molecule has 0 aliphatic carbocycles. The summed E-state index contributed by atoms with van der Waals surface area (Å²) in [5, 5.41) is 6.85. The second-order valence-electron chi connectivity index (χ2n) is 5.66. The van der Waals surface area contributed by atoms with E-state index in [1.54, 1.807) is 26.0 Å². The van der Waals surface area contributed by atoms with Crippen molar-refractivity contribution in [2.75, 3.05) is 20.3 Å². The number of methoxy groups -OCH3 is 1. The fourth-order valence-corrected chi connectivity index (χ4v) is 2.43. The van der Waals surface area contributed by atoms with Crippen LogP contribution in [0.1, 0.15) is 24.2 Å². The van der Waals surface area contributed by atoms with E-state index in [1.165, 1.54) is 7.11 Å². The first-order chi connectivity index (χ1) is 12.5. The minimum absolute atomic E-state index is 0.232. The minimum atomic E-state index is -0.712. The number of nitrogens with one attached hydrogen (secondary N) is 2. The Kier molecular flexibility index (Phi) is 6.54. The summed E-state index contributed by atoms with van der Waals surface area (Å²) >= 11 is 0. The largest absolute Gasteiger partial charge is 0.496 e. The van der Waals surface area contributed by atoms with E-state index in [0.717, 1.165) is 10.8 Å². The van der Waals surface area contributed by atoms with E-state index in [9.17, 15) is 14.4 Å². The van der Waals surface area contributed by atoms with Gasteiger partial charge in [-0.1, -0.05) is 24.3 Å². The summed E-state index contributed by atoms with van der Waals surface area (Å²) in [6.45, 7) is 3.32. The molecular formula is C19H22N2O5. The molecule has 2 N–H and O–H groups in total. The lowest BCUT2D eigenvalue weighted by Gasteiger charge is -2.14. The van der Waals surface area contributed by atoms with Crippen LogP contribution in [-0.4, -0.2) is 44.1 Å². The van der Waals surface area contributed by atoms with Crippen molar-refractivity contribution in [1.82, 2.24) is 10.6 Å². The van der Waals surface area contributed by atoms with E-state index in [0.29, 0.717) is 12.3 Å². The van der Waals surface area contributed by atoms with Crippen LogP contribution in [0.25, 0.3) is 10.8 Å². The number of carbonyl (C=O) groups excluding carboxylic acids is 3. The standard InChI is InChI=1S/C19H22N2O5/c1-4-20-18(23)12(2)21-17(22)11-26-19(24)15-9-13-7-5-6-8-14(13)10-16(15)25-3/h5-10,12H,4,11H2,1-3H3,(H,20,23)(H,21,22)/t12-/m1/s1. The molecule has 0 aromatic heterocycles. The summed E-state index contributed by atoms with van der Waals surface area (Å²) in [6.07, 6.45) is 0. The summed E-state index contributed by atoms with van der Waals surface area (Å²) in [7, 11) is 1.46. The highest BCUT2D eigenvalue weighted by Gasteiger charge is 2.19. The van der Waals surface area contributed by atoms with E-state index in [1.807, 2.05) is 24.3 Å². The summed E-state index contributed by atoms with van der Waals surface area (Å²) in [5.41, 5.74) is 0.232. The molecule has 2 amide bonds. The Labute approximate surface area is 151 Å². The third-order valence-corrected chi connectivity index (χ3v) is 3.74. The van der Waals surface area contributed by atoms with Crippen LogP contribution >= 0.6 is 0 Å². The Hall–Kier alpha value is -3.09. The van der Waals surface area contributed by atoms with Crippen LogP contribution in [0.3, 0.4) is 0 Å². The number of benzene rings is 2. The van der Waals surface area contributed by atoms with Gasteiger partial charge in [-0.25, -0.2) is 4.79 Å². The number of carbonyl (C=O) groups is 3. The van der Waals surface area contributed by atoms with Crippen molar-refractivity contribution in [2.45, 2.75) is 19.9 Å². The van der Waals surface area contributed by atoms with Crippen molar-refractivity contribution in [1.29, 1.82) is 0 Å². The maximum atomic E-state index is 12.3. The van der Waals surface area contributed by atoms with Gasteiger partial charge in [-0.05, 0) is 36.8 Å². The smallest absolute Gasteiger partial charge is 0.342 e. The molecule has 2 aromatic carbocycles. The third kappa shape index (κ3) is 4.72. The normalized spacial score (nSPS) is 11.5. The van der Waals surface area contributed by atoms with Gasteiger partial charge in [-0.15, -0.1) is 0 Å². The summed E-state index contributed by atoms with van der Waals surface area (Å²) in [5.74, 6) is -1.17. The number of rotatable bonds is 7. The molecule has 0 unspecified atom stereocenters. The Bertz CT molecular complexity index is 819. The molecule has 0 radical (unpaired) electrons. The van der Waals surface area contributed by atoms with Crippen LogP contribution in [0.5, 0.6) is 5.75 Å². The number of ether oxygens (including phenoxy) is 2. The van der Waals surface area contributed by atoms with Crippen molar-refractivity contribution < 1.29 is 23.9 Å². The highest BCUT2D eigenvalue weighted by Crippen LogP contribution is 2.26. The lowest BCUT2D eigenvalue weighted by molar-refractivity contribution is -0.130. The summed E-state index contributed by atoms with van der Waals surface area (Å²) < 4.78 is 10.3. The molecule has 2 aromatic rings. The van der Waals surface area contributed by atoms with Crippen LogP contribution in [-0.2, 0) is 14.3 Å². The van der Waals surface area contributed by atoms with Crippen LogP contribution in [0.4, 0.5) is 0 Å². The number of hydrogen-bond acceptors (Lipinski definition) is 5. The molecule has 0 spiro atoms. The van der Waals surface area contributed by atoms with Crippen molar-refractivity contribution >= 4 is 28.6 Å². The molecule has 7 heteroatoms. The molecule has 0 aliphatic heterocycles. The van der Waals surface area contributed by atoms with Gasteiger partial charge in [-0.2, -0.15) is 0 Å². The molecule has 0 heterocycles. The van der Waals surface area contributed by atoms with Crippen molar-refractivity contribution in [2.24, 2.45) is 0 Å². The second-order valence-corrected chi connectivity index (χ2v) is 5.66. The molecule has 1 atom stereocenters. The molecule has 0 fully saturated rings. The molecule has 7 nitrogen and oxygen atoms in total. The van der Waals surface area contributed by atoms with Crippen LogP contribution < -0.4 is 15.4 Å². The van der Waals surface area contributed by atoms with Crippen LogP contribution in [0.15, 0.2) is 36.4 Å². The Morgan fingerprint density at radius 2 is 1.77 bits per heavy atom. The zero-order valence-corrected chi connectivity index (χ0v) is 15.0. The molecule has 0 saturated carbocycles. The first kappa shape index (κ1) is 19.2. The molecule has 26 heavy (non-hydrogen) atoms. The third-order valence-electron chi connectivity index (χ3n) is 3.74. The highest BCUT2D eigenvalue weighted by atomic mass is 16.5. The van der Waals surface area contributed by atoms with Gasteiger partial charge in [-0.3, -0.25) is 9.59 Å². The van der Waals surface area contributed by atoms with E-state index >= 15 is 0 Å². The number of esters is 1. The fourth-order valence-electron chi connectivity index (χ4n) is 2.43. The molecule has 138 valence electrons. The number of likely N-dealkylation sites (N-methyl/N-ethyl adjacent to an activating group) is 1. The quantitative estimate of drug-likeness (QED) is 0.734. The molecule has 0 saturated heterocycles. The minimum Gasteiger partial charge on any atom is -0.496 e. The Morgan fingerprint density at radius 3 is 2.38 bits per heavy atom. The van der Waals surface area contributed by atoms with Gasteiger partial charge in [0, 0.05) is 6.54 Å². The second kappa shape index (κ2) is 8.84. The zero-order chi connectivity index (χ0) is 19.1. The first-order valence-electron chi connectivity index (χ1n) is 8.27. The molecule has 0 bridgehead atoms. The van der Waals surface area contributed by atoms with Gasteiger partial charge in [0.05, 0.1) is 7.11 Å². The number of hydrogen-bond donors (Lipinski definition) is 2. The van der Waals surface area contributed by atoms with Gasteiger partial charge < -0.3 is 20.1 Å². The SMILES string of the molecule is CCNC(=O)[C@@H](C)NC(=O)COC(=O)c1cc2ccccc2cc1OC. The van der Waals surface area contributed by atoms with Gasteiger partial charge >= 0.3 is 5.97 Å². The van der Waals surface area contributed by atoms with E-state index in [4.69, 9.17) is 9.47 Å². The van der Waals surface area contributed by atoms with Gasteiger partial charge in [0.25, 0.3) is 5.91 Å². The summed E-state index contributed by atoms with van der Waals surface area (Å²) in [6, 6.07) is 10.2. The Balaban J connectivity index is 2.02. The average molecular weight is 358 g/mol. The maximum Gasteiger partial charge on any atom is 0.342 e. The topological polar surface area (TPSA) is 93.7 Å². The Morgan fingerprint density at radius 1 is 1.12 bits per heavy atom. The average Bonchev–Trinajstić information content (AvgIpc) is 2.65. The van der Waals surface area contributed by atoms with Gasteiger partial charge in [0.15, 0.2) is 6.61 Å². The van der Waals surface area contributed by atoms with Crippen molar-refractivity contribution in [3.8, 4) is 5.75 Å². The summed E-state index contributed by atoms with van der Waals surface area (Å²) in [4.78, 5) is 35.8. The van der Waals surface area contributed by atoms with Crippen LogP contribution in [0.2, 0.25) is 0 Å². The van der Waals surface area contributed by atoms with Crippen molar-refractivity contribution in [3.05, 3.63) is 42.0 Å². The monoisotopic (exact) mass is 358 g/mol. The van der Waals surface area contributed by atoms with Gasteiger partial charge in [0.2, 0.25) is 5.91 Å². The van der Waals surface area contributed by atoms with Crippen molar-refractivity contribution in [3.63, 3.8) is 0 Å². The lowest BCUT2D eigenvalue weighted by Crippen LogP contribution is -2.46.